The number of rotatable bonds is 3. The Morgan fingerprint density at radius 3 is 2.85 bits per heavy atom. The van der Waals surface area contributed by atoms with Crippen LogP contribution < -0.4 is 5.73 Å². The van der Waals surface area contributed by atoms with Gasteiger partial charge in [-0.25, -0.2) is 9.97 Å². The molecule has 1 aromatic heterocycles. The van der Waals surface area contributed by atoms with Gasteiger partial charge in [0.1, 0.15) is 5.82 Å². The summed E-state index contributed by atoms with van der Waals surface area (Å²) in [6.07, 6.45) is 0. The number of thioether (sulfide) groups is 1. The predicted octanol–water partition coefficient (Wildman–Crippen LogP) is 2.04. The maximum Gasteiger partial charge on any atom is 0.190 e. The molecule has 0 saturated carbocycles. The van der Waals surface area contributed by atoms with Crippen LogP contribution in [0.4, 0.5) is 5.82 Å². The number of nitrogen functional groups attached to an aromatic ring is 1. The maximum atomic E-state index is 5.58. The van der Waals surface area contributed by atoms with Gasteiger partial charge in [-0.15, -0.1) is 0 Å². The number of aryl methyl sites for hydroxylation is 1. The van der Waals surface area contributed by atoms with Crippen LogP contribution in [0.5, 0.6) is 0 Å². The van der Waals surface area contributed by atoms with Crippen molar-refractivity contribution < 1.29 is 0 Å². The van der Waals surface area contributed by atoms with E-state index in [2.05, 4.69) is 16.5 Å². The molecule has 0 aromatic carbocycles. The summed E-state index contributed by atoms with van der Waals surface area (Å²) in [5.41, 5.74) is 7.58. The lowest BCUT2D eigenvalue weighted by molar-refractivity contribution is 0.941. The summed E-state index contributed by atoms with van der Waals surface area (Å²) in [6.45, 7) is 7.69. The lowest BCUT2D eigenvalue weighted by atomic mass is 10.4. The smallest absolute Gasteiger partial charge is 0.190 e. The Kier molecular flexibility index (Phi) is 3.31. The standard InChI is InChI=1S/C9H13N3S/c1-6(2)5-13-9-11-7(3)4-8(10)12-9/h4H,1,5H2,2-3H3,(H2,10,11,12). The van der Waals surface area contributed by atoms with Gasteiger partial charge in [0.05, 0.1) is 0 Å². The van der Waals surface area contributed by atoms with Crippen LogP contribution in [0.15, 0.2) is 23.4 Å². The Hall–Kier alpha value is -1.03. The Labute approximate surface area is 82.5 Å². The Bertz CT molecular complexity index is 302. The van der Waals surface area contributed by atoms with Gasteiger partial charge >= 0.3 is 0 Å². The molecule has 0 aliphatic rings. The molecule has 0 spiro atoms. The first-order chi connectivity index (χ1) is 6.08. The second-order valence-electron chi connectivity index (χ2n) is 2.96. The van der Waals surface area contributed by atoms with Crippen molar-refractivity contribution in [2.24, 2.45) is 0 Å². The third-order valence-corrected chi connectivity index (χ3v) is 2.38. The van der Waals surface area contributed by atoms with Gasteiger partial charge in [-0.2, -0.15) is 0 Å². The van der Waals surface area contributed by atoms with Crippen molar-refractivity contribution in [3.8, 4) is 0 Å². The van der Waals surface area contributed by atoms with Gasteiger partial charge in [0.25, 0.3) is 0 Å². The molecule has 0 aliphatic carbocycles. The summed E-state index contributed by atoms with van der Waals surface area (Å²) in [5, 5.41) is 0.723. The van der Waals surface area contributed by atoms with E-state index >= 15 is 0 Å². The Morgan fingerprint density at radius 2 is 2.31 bits per heavy atom. The van der Waals surface area contributed by atoms with Crippen molar-refractivity contribution >= 4 is 17.6 Å². The van der Waals surface area contributed by atoms with Crippen molar-refractivity contribution in [1.29, 1.82) is 0 Å². The second kappa shape index (κ2) is 4.28. The van der Waals surface area contributed by atoms with E-state index in [0.29, 0.717) is 5.82 Å². The molecular weight excluding hydrogens is 182 g/mol. The van der Waals surface area contributed by atoms with E-state index in [9.17, 15) is 0 Å². The highest BCUT2D eigenvalue weighted by Crippen LogP contribution is 2.16. The molecule has 0 saturated heterocycles. The third-order valence-electron chi connectivity index (χ3n) is 1.30. The highest BCUT2D eigenvalue weighted by molar-refractivity contribution is 7.99. The SMILES string of the molecule is C=C(C)CSc1nc(C)cc(N)n1. The van der Waals surface area contributed by atoms with Crippen molar-refractivity contribution in [2.45, 2.75) is 19.0 Å². The molecule has 70 valence electrons. The van der Waals surface area contributed by atoms with E-state index in [4.69, 9.17) is 5.73 Å². The van der Waals surface area contributed by atoms with E-state index in [1.54, 1.807) is 17.8 Å². The van der Waals surface area contributed by atoms with Crippen LogP contribution in [0.1, 0.15) is 12.6 Å². The highest BCUT2D eigenvalue weighted by atomic mass is 32.2. The van der Waals surface area contributed by atoms with Crippen LogP contribution in [0.3, 0.4) is 0 Å². The zero-order valence-corrected chi connectivity index (χ0v) is 8.69. The summed E-state index contributed by atoms with van der Waals surface area (Å²) >= 11 is 1.56. The quantitative estimate of drug-likeness (QED) is 0.455. The van der Waals surface area contributed by atoms with Gasteiger partial charge in [-0.1, -0.05) is 23.9 Å². The zero-order chi connectivity index (χ0) is 9.84. The number of nitrogens with two attached hydrogens (primary N) is 1. The lowest BCUT2D eigenvalue weighted by Crippen LogP contribution is -1.97. The van der Waals surface area contributed by atoms with Gasteiger partial charge in [0.15, 0.2) is 5.16 Å². The predicted molar refractivity (Wildman–Crippen MR) is 56.7 cm³/mol. The summed E-state index contributed by atoms with van der Waals surface area (Å²) in [7, 11) is 0. The summed E-state index contributed by atoms with van der Waals surface area (Å²) in [5.74, 6) is 1.36. The van der Waals surface area contributed by atoms with Gasteiger partial charge in [0, 0.05) is 17.5 Å². The molecule has 2 N–H and O–H groups in total. The van der Waals surface area contributed by atoms with Crippen molar-refractivity contribution in [3.05, 3.63) is 23.9 Å². The number of nitrogens with zero attached hydrogens (tertiary/aromatic N) is 2. The van der Waals surface area contributed by atoms with Crippen molar-refractivity contribution in [2.75, 3.05) is 11.5 Å². The zero-order valence-electron chi connectivity index (χ0n) is 7.87. The lowest BCUT2D eigenvalue weighted by Gasteiger charge is -2.01. The topological polar surface area (TPSA) is 51.8 Å². The van der Waals surface area contributed by atoms with E-state index < -0.39 is 0 Å². The number of aromatic nitrogens is 2. The average molecular weight is 195 g/mol. The fourth-order valence-corrected chi connectivity index (χ4v) is 1.57. The largest absolute Gasteiger partial charge is 0.384 e. The van der Waals surface area contributed by atoms with Crippen LogP contribution >= 0.6 is 11.8 Å². The molecule has 1 heterocycles. The van der Waals surface area contributed by atoms with E-state index in [1.165, 1.54) is 0 Å². The fraction of sp³-hybridized carbons (Fsp3) is 0.333. The van der Waals surface area contributed by atoms with Crippen molar-refractivity contribution in [1.82, 2.24) is 9.97 Å². The van der Waals surface area contributed by atoms with Crippen LogP contribution in [0.2, 0.25) is 0 Å². The van der Waals surface area contributed by atoms with Crippen LogP contribution in [-0.4, -0.2) is 15.7 Å². The normalized spacial score (nSPS) is 10.0. The minimum Gasteiger partial charge on any atom is -0.384 e. The maximum absolute atomic E-state index is 5.58. The monoisotopic (exact) mass is 195 g/mol. The number of hydrogen-bond acceptors (Lipinski definition) is 4. The van der Waals surface area contributed by atoms with E-state index in [0.717, 1.165) is 22.2 Å². The van der Waals surface area contributed by atoms with E-state index in [-0.39, 0.29) is 0 Å². The molecule has 1 rings (SSSR count). The minimum atomic E-state index is 0.525. The molecule has 0 amide bonds. The number of anilines is 1. The van der Waals surface area contributed by atoms with Gasteiger partial charge < -0.3 is 5.73 Å². The summed E-state index contributed by atoms with van der Waals surface area (Å²) in [4.78, 5) is 8.33. The van der Waals surface area contributed by atoms with Crippen molar-refractivity contribution in [3.63, 3.8) is 0 Å². The molecule has 0 atom stereocenters. The second-order valence-corrected chi connectivity index (χ2v) is 3.91. The van der Waals surface area contributed by atoms with Crippen LogP contribution in [0, 0.1) is 6.92 Å². The molecular formula is C9H13N3S. The number of hydrogen-bond donors (Lipinski definition) is 1. The van der Waals surface area contributed by atoms with E-state index in [1.807, 2.05) is 13.8 Å². The Balaban J connectivity index is 2.71. The average Bonchev–Trinajstić information content (AvgIpc) is 1.99. The van der Waals surface area contributed by atoms with Crippen LogP contribution in [0.25, 0.3) is 0 Å². The van der Waals surface area contributed by atoms with Gasteiger partial charge in [0.2, 0.25) is 0 Å². The molecule has 13 heavy (non-hydrogen) atoms. The molecule has 0 aliphatic heterocycles. The van der Waals surface area contributed by atoms with Gasteiger partial charge in [-0.3, -0.25) is 0 Å². The summed E-state index contributed by atoms with van der Waals surface area (Å²) in [6, 6.07) is 1.75. The van der Waals surface area contributed by atoms with Crippen LogP contribution in [-0.2, 0) is 0 Å². The fourth-order valence-electron chi connectivity index (χ4n) is 0.817. The van der Waals surface area contributed by atoms with Gasteiger partial charge in [-0.05, 0) is 13.8 Å². The molecule has 0 unspecified atom stereocenters. The first-order valence-electron chi connectivity index (χ1n) is 3.96. The highest BCUT2D eigenvalue weighted by Gasteiger charge is 2.00. The molecule has 0 fully saturated rings. The molecule has 3 nitrogen and oxygen atoms in total. The first kappa shape index (κ1) is 10.1. The molecule has 1 aromatic rings. The minimum absolute atomic E-state index is 0.525. The molecule has 4 heteroatoms. The Morgan fingerprint density at radius 1 is 1.62 bits per heavy atom. The molecule has 0 bridgehead atoms. The first-order valence-corrected chi connectivity index (χ1v) is 4.95. The summed E-state index contributed by atoms with van der Waals surface area (Å²) < 4.78 is 0. The third kappa shape index (κ3) is 3.46. The molecule has 0 radical (unpaired) electrons.